The Morgan fingerprint density at radius 3 is 2.49 bits per heavy atom. The fourth-order valence-electron chi connectivity index (χ4n) is 4.30. The number of carbonyl (C=O) groups excluding carboxylic acids is 2. The number of amides is 2. The zero-order chi connectivity index (χ0) is 28.5. The Morgan fingerprint density at radius 1 is 1.13 bits per heavy atom. The summed E-state index contributed by atoms with van der Waals surface area (Å²) in [6.07, 6.45) is -2.92. The van der Waals surface area contributed by atoms with Gasteiger partial charge in [-0.25, -0.2) is 9.37 Å². The summed E-state index contributed by atoms with van der Waals surface area (Å²) in [6.45, 7) is 4.91. The molecule has 3 heterocycles. The quantitative estimate of drug-likeness (QED) is 0.418. The lowest BCUT2D eigenvalue weighted by Gasteiger charge is -2.39. The van der Waals surface area contributed by atoms with Gasteiger partial charge in [0.15, 0.2) is 0 Å². The maximum Gasteiger partial charge on any atom is 0.417 e. The van der Waals surface area contributed by atoms with Crippen LogP contribution in [0.5, 0.6) is 0 Å². The minimum absolute atomic E-state index is 0.0376. The fourth-order valence-corrected chi connectivity index (χ4v) is 4.30. The first-order valence-corrected chi connectivity index (χ1v) is 12.0. The van der Waals surface area contributed by atoms with Gasteiger partial charge in [0.1, 0.15) is 11.6 Å². The van der Waals surface area contributed by atoms with Gasteiger partial charge in [-0.3, -0.25) is 14.4 Å². The number of carbonyl (C=O) groups is 2. The van der Waals surface area contributed by atoms with Gasteiger partial charge in [0.2, 0.25) is 11.5 Å². The van der Waals surface area contributed by atoms with Gasteiger partial charge in [-0.15, -0.1) is 0 Å². The number of hydrogen-bond acceptors (Lipinski definition) is 6. The Hall–Kier alpha value is -4.26. The van der Waals surface area contributed by atoms with E-state index in [0.717, 1.165) is 0 Å². The Kier molecular flexibility index (Phi) is 7.72. The summed E-state index contributed by atoms with van der Waals surface area (Å²) in [7, 11) is 1.95. The number of alkyl halides is 3. The molecule has 0 saturated carbocycles. The SMILES string of the molecule is CC(=O)Nc1ccc(-c2cc(NC(=O)c3c[nH]c(=O)cc3C(F)(F)F)c(N3CCN(C)[C@@H](C)C3)cc2F)cn1. The number of rotatable bonds is 5. The number of nitrogens with zero attached hydrogens (tertiary/aromatic N) is 3. The molecule has 1 aliphatic heterocycles. The third-order valence-corrected chi connectivity index (χ3v) is 6.49. The molecule has 0 radical (unpaired) electrons. The molecular formula is C26H26F4N6O3. The molecule has 1 atom stereocenters. The van der Waals surface area contributed by atoms with Crippen LogP contribution in [0, 0.1) is 5.82 Å². The normalized spacial score (nSPS) is 16.2. The average molecular weight is 547 g/mol. The maximum absolute atomic E-state index is 15.4. The van der Waals surface area contributed by atoms with E-state index in [4.69, 9.17) is 0 Å². The molecule has 13 heteroatoms. The highest BCUT2D eigenvalue weighted by atomic mass is 19.4. The van der Waals surface area contributed by atoms with E-state index in [-0.39, 0.29) is 29.0 Å². The number of hydrogen-bond donors (Lipinski definition) is 3. The van der Waals surface area contributed by atoms with E-state index in [9.17, 15) is 27.6 Å². The Bertz CT molecular complexity index is 1460. The zero-order valence-corrected chi connectivity index (χ0v) is 21.3. The van der Waals surface area contributed by atoms with E-state index < -0.39 is 34.6 Å². The van der Waals surface area contributed by atoms with Crippen LogP contribution in [0.2, 0.25) is 0 Å². The highest BCUT2D eigenvalue weighted by Gasteiger charge is 2.36. The van der Waals surface area contributed by atoms with Gasteiger partial charge in [0.25, 0.3) is 5.91 Å². The van der Waals surface area contributed by atoms with E-state index in [1.165, 1.54) is 37.4 Å². The molecule has 206 valence electrons. The van der Waals surface area contributed by atoms with Gasteiger partial charge in [-0.2, -0.15) is 13.2 Å². The van der Waals surface area contributed by atoms with Crippen LogP contribution in [-0.2, 0) is 11.0 Å². The Morgan fingerprint density at radius 2 is 1.87 bits per heavy atom. The van der Waals surface area contributed by atoms with Crippen LogP contribution in [-0.4, -0.2) is 59.4 Å². The summed E-state index contributed by atoms with van der Waals surface area (Å²) >= 11 is 0. The van der Waals surface area contributed by atoms with Crippen LogP contribution in [0.3, 0.4) is 0 Å². The van der Waals surface area contributed by atoms with Crippen molar-refractivity contribution in [3.05, 3.63) is 70.0 Å². The van der Waals surface area contributed by atoms with Gasteiger partial charge < -0.3 is 25.4 Å². The van der Waals surface area contributed by atoms with Crippen molar-refractivity contribution in [2.75, 3.05) is 42.2 Å². The number of nitrogens with one attached hydrogen (secondary N) is 3. The number of benzene rings is 1. The molecule has 0 bridgehead atoms. The first kappa shape index (κ1) is 27.8. The van der Waals surface area contributed by atoms with Crippen molar-refractivity contribution in [1.29, 1.82) is 0 Å². The number of H-pyrrole nitrogens is 1. The van der Waals surface area contributed by atoms with Crippen molar-refractivity contribution >= 4 is 29.0 Å². The molecule has 1 aromatic carbocycles. The second-order valence-electron chi connectivity index (χ2n) is 9.31. The molecule has 1 aliphatic rings. The second-order valence-corrected chi connectivity index (χ2v) is 9.31. The summed E-state index contributed by atoms with van der Waals surface area (Å²) < 4.78 is 56.2. The molecule has 2 aromatic heterocycles. The van der Waals surface area contributed by atoms with Crippen LogP contribution in [0.15, 0.2) is 47.5 Å². The van der Waals surface area contributed by atoms with Crippen molar-refractivity contribution < 1.29 is 27.2 Å². The Labute approximate surface area is 220 Å². The minimum Gasteiger partial charge on any atom is -0.367 e. The van der Waals surface area contributed by atoms with Crippen molar-refractivity contribution in [3.63, 3.8) is 0 Å². The largest absolute Gasteiger partial charge is 0.417 e. The molecule has 9 nitrogen and oxygen atoms in total. The fraction of sp³-hybridized carbons (Fsp3) is 0.308. The van der Waals surface area contributed by atoms with E-state index in [0.29, 0.717) is 43.1 Å². The van der Waals surface area contributed by atoms with Crippen molar-refractivity contribution in [3.8, 4) is 11.1 Å². The van der Waals surface area contributed by atoms with E-state index in [1.54, 1.807) is 0 Å². The lowest BCUT2D eigenvalue weighted by atomic mass is 10.0. The monoisotopic (exact) mass is 546 g/mol. The molecule has 4 rings (SSSR count). The highest BCUT2D eigenvalue weighted by Crippen LogP contribution is 2.36. The molecule has 1 fully saturated rings. The molecule has 0 aliphatic carbocycles. The zero-order valence-electron chi connectivity index (χ0n) is 21.3. The third kappa shape index (κ3) is 6.25. The van der Waals surface area contributed by atoms with E-state index >= 15 is 4.39 Å². The lowest BCUT2D eigenvalue weighted by molar-refractivity contribution is -0.138. The summed E-state index contributed by atoms with van der Waals surface area (Å²) in [5.74, 6) is -1.85. The topological polar surface area (TPSA) is 110 Å². The molecule has 39 heavy (non-hydrogen) atoms. The standard InChI is InChI=1S/C26H26F4N6O3/c1-14-13-36(7-6-35(14)3)22-10-20(27)17(16-4-5-23(31-11-16)33-15(2)37)8-21(22)34-25(39)18-12-32-24(38)9-19(18)26(28,29)30/h4-5,8-12,14H,6-7,13H2,1-3H3,(H,32,38)(H,34,39)(H,31,33,37)/t14-/m0/s1. The number of piperazine rings is 1. The first-order chi connectivity index (χ1) is 18.3. The molecule has 1 saturated heterocycles. The second kappa shape index (κ2) is 10.8. The molecule has 2 amide bonds. The van der Waals surface area contributed by atoms with Crippen LogP contribution in [0.25, 0.3) is 11.1 Å². The number of anilines is 3. The molecular weight excluding hydrogens is 520 g/mol. The van der Waals surface area contributed by atoms with Crippen LogP contribution < -0.4 is 21.1 Å². The van der Waals surface area contributed by atoms with Gasteiger partial charge in [-0.05, 0) is 38.2 Å². The van der Waals surface area contributed by atoms with Crippen LogP contribution in [0.1, 0.15) is 29.8 Å². The Balaban J connectivity index is 1.78. The number of pyridine rings is 2. The number of aromatic nitrogens is 2. The number of aromatic amines is 1. The predicted molar refractivity (Wildman–Crippen MR) is 138 cm³/mol. The first-order valence-electron chi connectivity index (χ1n) is 12.0. The lowest BCUT2D eigenvalue weighted by Crippen LogP contribution is -2.50. The summed E-state index contributed by atoms with van der Waals surface area (Å²) in [4.78, 5) is 46.1. The van der Waals surface area contributed by atoms with Gasteiger partial charge in [-0.1, -0.05) is 0 Å². The number of likely N-dealkylation sites (N-methyl/N-ethyl adjacent to an activating group) is 1. The predicted octanol–water partition coefficient (Wildman–Crippen LogP) is 3.95. The molecule has 0 spiro atoms. The van der Waals surface area contributed by atoms with E-state index in [2.05, 4.69) is 25.5 Å². The van der Waals surface area contributed by atoms with Crippen molar-refractivity contribution in [2.45, 2.75) is 26.1 Å². The minimum atomic E-state index is -4.95. The molecule has 0 unspecified atom stereocenters. The van der Waals surface area contributed by atoms with Crippen LogP contribution >= 0.6 is 0 Å². The summed E-state index contributed by atoms with van der Waals surface area (Å²) in [5.41, 5.74) is -2.45. The molecule has 3 aromatic rings. The van der Waals surface area contributed by atoms with Crippen LogP contribution in [0.4, 0.5) is 34.8 Å². The van der Waals surface area contributed by atoms with Crippen molar-refractivity contribution in [2.24, 2.45) is 0 Å². The van der Waals surface area contributed by atoms with Crippen molar-refractivity contribution in [1.82, 2.24) is 14.9 Å². The van der Waals surface area contributed by atoms with Gasteiger partial charge in [0.05, 0.1) is 22.5 Å². The average Bonchev–Trinajstić information content (AvgIpc) is 2.86. The molecule has 3 N–H and O–H groups in total. The maximum atomic E-state index is 15.4. The smallest absolute Gasteiger partial charge is 0.367 e. The number of halogens is 4. The van der Waals surface area contributed by atoms with Gasteiger partial charge in [0, 0.05) is 62.2 Å². The van der Waals surface area contributed by atoms with E-state index in [1.807, 2.05) is 18.9 Å². The highest BCUT2D eigenvalue weighted by molar-refractivity contribution is 6.07. The summed E-state index contributed by atoms with van der Waals surface area (Å²) in [5, 5.41) is 5.00. The van der Waals surface area contributed by atoms with Gasteiger partial charge >= 0.3 is 6.18 Å². The summed E-state index contributed by atoms with van der Waals surface area (Å²) in [6, 6.07) is 5.95. The third-order valence-electron chi connectivity index (χ3n) is 6.49.